The molecule has 3 nitrogen and oxygen atoms in total. The first-order valence-corrected chi connectivity index (χ1v) is 7.03. The van der Waals surface area contributed by atoms with E-state index >= 15 is 0 Å². The third-order valence-electron chi connectivity index (χ3n) is 3.43. The van der Waals surface area contributed by atoms with Crippen LogP contribution in [0.15, 0.2) is 24.5 Å². The number of hydrogen-bond acceptors (Lipinski definition) is 2. The maximum Gasteiger partial charge on any atom is 0.137 e. The van der Waals surface area contributed by atoms with Crippen LogP contribution in [-0.2, 0) is 6.54 Å². The molecule has 1 aliphatic carbocycles. The highest BCUT2D eigenvalue weighted by Crippen LogP contribution is 2.33. The third-order valence-corrected chi connectivity index (χ3v) is 3.66. The summed E-state index contributed by atoms with van der Waals surface area (Å²) >= 11 is 5.94. The molecule has 0 unspecified atom stereocenters. The lowest BCUT2D eigenvalue weighted by molar-refractivity contribution is 0.590. The fraction of sp³-hybridized carbons (Fsp3) is 0.500. The molecule has 2 heterocycles. The number of halogens is 1. The van der Waals surface area contributed by atoms with Crippen LogP contribution in [-0.4, -0.2) is 15.9 Å². The maximum atomic E-state index is 5.94. The first-order chi connectivity index (χ1) is 8.81. The summed E-state index contributed by atoms with van der Waals surface area (Å²) < 4.78 is 1.98. The molecule has 2 aromatic rings. The molecule has 0 aliphatic heterocycles. The number of aromatic nitrogens is 2. The smallest absolute Gasteiger partial charge is 0.137 e. The van der Waals surface area contributed by atoms with Gasteiger partial charge in [-0.1, -0.05) is 24.4 Å². The second-order valence-electron chi connectivity index (χ2n) is 5.11. The highest BCUT2D eigenvalue weighted by Gasteiger charge is 2.19. The molecule has 4 heteroatoms. The van der Waals surface area contributed by atoms with Crippen LogP contribution in [0.4, 0.5) is 0 Å². The molecule has 3 rings (SSSR count). The van der Waals surface area contributed by atoms with Crippen molar-refractivity contribution in [1.29, 1.82) is 0 Å². The molecule has 18 heavy (non-hydrogen) atoms. The molecule has 0 amide bonds. The van der Waals surface area contributed by atoms with Crippen molar-refractivity contribution in [2.75, 3.05) is 6.54 Å². The molecule has 1 aliphatic rings. The molecule has 0 radical (unpaired) electrons. The van der Waals surface area contributed by atoms with E-state index in [0.717, 1.165) is 35.4 Å². The van der Waals surface area contributed by atoms with Gasteiger partial charge in [0.15, 0.2) is 0 Å². The largest absolute Gasteiger partial charge is 0.311 e. The second-order valence-corrected chi connectivity index (χ2v) is 5.54. The van der Waals surface area contributed by atoms with Crippen molar-refractivity contribution in [3.63, 3.8) is 0 Å². The fourth-order valence-electron chi connectivity index (χ4n) is 2.24. The molecule has 0 atom stereocenters. The van der Waals surface area contributed by atoms with E-state index in [-0.39, 0.29) is 0 Å². The van der Waals surface area contributed by atoms with Gasteiger partial charge in [0.05, 0.1) is 10.7 Å². The van der Waals surface area contributed by atoms with E-state index in [1.54, 1.807) is 0 Å². The Labute approximate surface area is 112 Å². The Hall–Kier alpha value is -1.06. The van der Waals surface area contributed by atoms with Crippen molar-refractivity contribution < 1.29 is 0 Å². The van der Waals surface area contributed by atoms with Gasteiger partial charge in [0.1, 0.15) is 5.65 Å². The Kier molecular flexibility index (Phi) is 3.52. The van der Waals surface area contributed by atoms with Crippen molar-refractivity contribution in [3.8, 4) is 0 Å². The van der Waals surface area contributed by atoms with E-state index < -0.39 is 0 Å². The van der Waals surface area contributed by atoms with Gasteiger partial charge in [-0.3, -0.25) is 0 Å². The first-order valence-electron chi connectivity index (χ1n) is 6.65. The zero-order valence-corrected chi connectivity index (χ0v) is 11.2. The molecule has 96 valence electrons. The number of fused-ring (bicyclic) bond motifs is 1. The van der Waals surface area contributed by atoms with Crippen LogP contribution in [0.3, 0.4) is 0 Å². The topological polar surface area (TPSA) is 29.3 Å². The minimum atomic E-state index is 0.740. The fourth-order valence-corrected chi connectivity index (χ4v) is 2.41. The molecular weight excluding hydrogens is 246 g/mol. The second kappa shape index (κ2) is 5.29. The summed E-state index contributed by atoms with van der Waals surface area (Å²) in [6, 6.07) is 3.82. The van der Waals surface area contributed by atoms with Crippen LogP contribution >= 0.6 is 11.6 Å². The zero-order chi connectivity index (χ0) is 12.4. The van der Waals surface area contributed by atoms with E-state index in [4.69, 9.17) is 11.6 Å². The van der Waals surface area contributed by atoms with E-state index in [2.05, 4.69) is 10.3 Å². The lowest BCUT2D eigenvalue weighted by Gasteiger charge is -2.01. The van der Waals surface area contributed by atoms with E-state index in [9.17, 15) is 0 Å². The summed E-state index contributed by atoms with van der Waals surface area (Å²) in [5, 5.41) is 4.19. The van der Waals surface area contributed by atoms with Gasteiger partial charge >= 0.3 is 0 Å². The van der Waals surface area contributed by atoms with Gasteiger partial charge in [-0.25, -0.2) is 4.98 Å². The van der Waals surface area contributed by atoms with Crippen LogP contribution < -0.4 is 5.32 Å². The van der Waals surface area contributed by atoms with E-state index in [1.807, 2.05) is 28.9 Å². The molecule has 1 saturated carbocycles. The number of nitrogens with zero attached hydrogens (tertiary/aromatic N) is 2. The quantitative estimate of drug-likeness (QED) is 0.811. The Morgan fingerprint density at radius 1 is 1.33 bits per heavy atom. The van der Waals surface area contributed by atoms with Crippen LogP contribution in [0.25, 0.3) is 5.65 Å². The van der Waals surface area contributed by atoms with Crippen LogP contribution in [0.5, 0.6) is 0 Å². The average molecular weight is 264 g/mol. The minimum Gasteiger partial charge on any atom is -0.311 e. The number of rotatable bonds is 6. The molecule has 1 fully saturated rings. The van der Waals surface area contributed by atoms with Gasteiger partial charge in [0, 0.05) is 18.9 Å². The van der Waals surface area contributed by atoms with Gasteiger partial charge < -0.3 is 9.72 Å². The van der Waals surface area contributed by atoms with Gasteiger partial charge in [0.2, 0.25) is 0 Å². The van der Waals surface area contributed by atoms with Gasteiger partial charge in [0.25, 0.3) is 0 Å². The number of hydrogen-bond donors (Lipinski definition) is 1. The molecular formula is C14H18ClN3. The van der Waals surface area contributed by atoms with E-state index in [0.29, 0.717) is 0 Å². The summed E-state index contributed by atoms with van der Waals surface area (Å²) in [7, 11) is 0. The van der Waals surface area contributed by atoms with Crippen LogP contribution in [0.2, 0.25) is 5.02 Å². The summed E-state index contributed by atoms with van der Waals surface area (Å²) in [4.78, 5) is 4.54. The Balaban J connectivity index is 1.50. The first kappa shape index (κ1) is 12.0. The number of nitrogens with one attached hydrogen (secondary N) is 1. The van der Waals surface area contributed by atoms with Crippen LogP contribution in [0.1, 0.15) is 31.4 Å². The molecule has 0 aromatic carbocycles. The lowest BCUT2D eigenvalue weighted by atomic mass is 10.2. The van der Waals surface area contributed by atoms with Crippen molar-refractivity contribution in [2.45, 2.75) is 32.2 Å². The van der Waals surface area contributed by atoms with Gasteiger partial charge in [-0.15, -0.1) is 0 Å². The molecule has 0 spiro atoms. The molecule has 1 N–H and O–H groups in total. The molecule has 2 aromatic heterocycles. The predicted molar refractivity (Wildman–Crippen MR) is 73.9 cm³/mol. The molecule has 0 saturated heterocycles. The maximum absolute atomic E-state index is 5.94. The number of imidazole rings is 1. The highest BCUT2D eigenvalue weighted by molar-refractivity contribution is 6.30. The Morgan fingerprint density at radius 2 is 2.22 bits per heavy atom. The Bertz CT molecular complexity index is 531. The summed E-state index contributed by atoms with van der Waals surface area (Å²) in [6.45, 7) is 1.93. The number of pyridine rings is 1. The molecule has 0 bridgehead atoms. The lowest BCUT2D eigenvalue weighted by Crippen LogP contribution is -2.14. The summed E-state index contributed by atoms with van der Waals surface area (Å²) in [5.41, 5.74) is 2.03. The van der Waals surface area contributed by atoms with Crippen molar-refractivity contribution in [3.05, 3.63) is 35.2 Å². The standard InChI is InChI=1S/C14H18ClN3/c15-12-5-6-14-17-13(10-18(14)9-12)8-16-7-1-2-11-3-4-11/h5-6,9-11,16H,1-4,7-8H2. The summed E-state index contributed by atoms with van der Waals surface area (Å²) in [6.07, 6.45) is 9.49. The summed E-state index contributed by atoms with van der Waals surface area (Å²) in [5.74, 6) is 1.03. The van der Waals surface area contributed by atoms with Crippen molar-refractivity contribution in [2.24, 2.45) is 5.92 Å². The van der Waals surface area contributed by atoms with E-state index in [1.165, 1.54) is 25.7 Å². The van der Waals surface area contributed by atoms with Crippen molar-refractivity contribution >= 4 is 17.2 Å². The predicted octanol–water partition coefficient (Wildman–Crippen LogP) is 3.27. The average Bonchev–Trinajstić information content (AvgIpc) is 3.08. The van der Waals surface area contributed by atoms with Crippen LogP contribution in [0, 0.1) is 5.92 Å². The normalized spacial score (nSPS) is 15.4. The van der Waals surface area contributed by atoms with Gasteiger partial charge in [-0.2, -0.15) is 0 Å². The SMILES string of the molecule is Clc1ccc2nc(CNCCCC3CC3)cn2c1. The van der Waals surface area contributed by atoms with Gasteiger partial charge in [-0.05, 0) is 37.4 Å². The third kappa shape index (κ3) is 3.03. The highest BCUT2D eigenvalue weighted by atomic mass is 35.5. The minimum absolute atomic E-state index is 0.740. The van der Waals surface area contributed by atoms with Crippen molar-refractivity contribution in [1.82, 2.24) is 14.7 Å². The Morgan fingerprint density at radius 3 is 3.06 bits per heavy atom. The zero-order valence-electron chi connectivity index (χ0n) is 10.4. The monoisotopic (exact) mass is 263 g/mol.